The molecule has 0 aliphatic rings. The van der Waals surface area contributed by atoms with E-state index in [1.165, 1.54) is 69.8 Å². The van der Waals surface area contributed by atoms with E-state index in [1.807, 2.05) is 16.8 Å². The highest BCUT2D eigenvalue weighted by Gasteiger charge is 2.05. The summed E-state index contributed by atoms with van der Waals surface area (Å²) in [6.07, 6.45) is 18.1. The molecule has 0 amide bonds. The topological polar surface area (TPSA) is 68.0 Å². The van der Waals surface area contributed by atoms with Crippen LogP contribution in [0.4, 0.5) is 0 Å². The molecule has 1 heterocycles. The van der Waals surface area contributed by atoms with E-state index in [-0.39, 0.29) is 0 Å². The lowest BCUT2D eigenvalue weighted by atomic mass is 10.0. The number of aromatic nitrogens is 3. The monoisotopic (exact) mass is 399 g/mol. The molecule has 0 bridgehead atoms. The zero-order valence-electron chi connectivity index (χ0n) is 18.0. The molecule has 5 heteroatoms. The van der Waals surface area contributed by atoms with Gasteiger partial charge in [-0.25, -0.2) is 4.68 Å². The van der Waals surface area contributed by atoms with Crippen molar-refractivity contribution in [2.45, 2.75) is 96.8 Å². The average molecular weight is 400 g/mol. The van der Waals surface area contributed by atoms with Crippen molar-refractivity contribution in [1.29, 1.82) is 0 Å². The number of aryl methyl sites for hydroxylation is 2. The molecule has 0 atom stereocenters. The zero-order valence-corrected chi connectivity index (χ0v) is 18.0. The molecule has 0 aliphatic heterocycles. The van der Waals surface area contributed by atoms with E-state index in [2.05, 4.69) is 35.6 Å². The average Bonchev–Trinajstić information content (AvgIpc) is 3.17. The number of carboxylic acid groups (broad SMARTS) is 1. The largest absolute Gasteiger partial charge is 0.481 e. The van der Waals surface area contributed by atoms with Gasteiger partial charge in [0.15, 0.2) is 0 Å². The van der Waals surface area contributed by atoms with Gasteiger partial charge in [-0.15, -0.1) is 5.10 Å². The SMILES string of the molecule is Cc1ccccc1-n1cc(CCCCCCCCCCCCCCC(=O)O)nn1. The molecule has 0 fully saturated rings. The molecular weight excluding hydrogens is 362 g/mol. The van der Waals surface area contributed by atoms with Gasteiger partial charge in [-0.2, -0.15) is 0 Å². The second-order valence-corrected chi connectivity index (χ2v) is 8.08. The Balaban J connectivity index is 1.42. The summed E-state index contributed by atoms with van der Waals surface area (Å²) in [6, 6.07) is 8.25. The van der Waals surface area contributed by atoms with Gasteiger partial charge in [0.25, 0.3) is 0 Å². The van der Waals surface area contributed by atoms with E-state index >= 15 is 0 Å². The van der Waals surface area contributed by atoms with Crippen molar-refractivity contribution < 1.29 is 9.90 Å². The summed E-state index contributed by atoms with van der Waals surface area (Å²) in [5.41, 5.74) is 3.39. The lowest BCUT2D eigenvalue weighted by molar-refractivity contribution is -0.137. The predicted molar refractivity (Wildman–Crippen MR) is 117 cm³/mol. The standard InChI is InChI=1S/C24H37N3O2/c1-21-16-14-15-18-23(21)27-20-22(25-26-27)17-12-10-8-6-4-2-3-5-7-9-11-13-19-24(28)29/h14-16,18,20H,2-13,17,19H2,1H3,(H,28,29). The minimum absolute atomic E-state index is 0.325. The quantitative estimate of drug-likeness (QED) is 0.338. The van der Waals surface area contributed by atoms with E-state index in [4.69, 9.17) is 5.11 Å². The van der Waals surface area contributed by atoms with E-state index < -0.39 is 5.97 Å². The molecule has 0 saturated carbocycles. The van der Waals surface area contributed by atoms with Crippen molar-refractivity contribution in [2.24, 2.45) is 0 Å². The molecule has 160 valence electrons. The first-order chi connectivity index (χ1) is 14.2. The van der Waals surface area contributed by atoms with Crippen LogP contribution < -0.4 is 0 Å². The van der Waals surface area contributed by atoms with Gasteiger partial charge in [-0.3, -0.25) is 4.79 Å². The number of aliphatic carboxylic acids is 1. The summed E-state index contributed by atoms with van der Waals surface area (Å²) in [4.78, 5) is 10.4. The van der Waals surface area contributed by atoms with Crippen molar-refractivity contribution in [1.82, 2.24) is 15.0 Å². The van der Waals surface area contributed by atoms with Crippen LogP contribution in [-0.4, -0.2) is 26.1 Å². The molecule has 0 aliphatic carbocycles. The molecular formula is C24H37N3O2. The Hall–Kier alpha value is -2.17. The number of hydrogen-bond donors (Lipinski definition) is 1. The number of nitrogens with zero attached hydrogens (tertiary/aromatic N) is 3. The highest BCUT2D eigenvalue weighted by Crippen LogP contribution is 2.15. The van der Waals surface area contributed by atoms with Gasteiger partial charge in [0.05, 0.1) is 17.6 Å². The Bertz CT molecular complexity index is 712. The highest BCUT2D eigenvalue weighted by atomic mass is 16.4. The van der Waals surface area contributed by atoms with Crippen LogP contribution in [0.1, 0.15) is 94.7 Å². The molecule has 0 radical (unpaired) electrons. The van der Waals surface area contributed by atoms with Gasteiger partial charge in [0.2, 0.25) is 0 Å². The lowest BCUT2D eigenvalue weighted by Crippen LogP contribution is -1.97. The van der Waals surface area contributed by atoms with E-state index in [0.717, 1.165) is 30.6 Å². The van der Waals surface area contributed by atoms with Gasteiger partial charge in [0, 0.05) is 6.42 Å². The molecule has 0 unspecified atom stereocenters. The normalized spacial score (nSPS) is 11.1. The Morgan fingerprint density at radius 3 is 2.00 bits per heavy atom. The van der Waals surface area contributed by atoms with Crippen molar-refractivity contribution in [3.05, 3.63) is 41.7 Å². The number of para-hydroxylation sites is 1. The minimum Gasteiger partial charge on any atom is -0.481 e. The first-order valence-electron chi connectivity index (χ1n) is 11.4. The molecule has 0 saturated heterocycles. The fourth-order valence-electron chi connectivity index (χ4n) is 3.70. The molecule has 0 spiro atoms. The molecule has 29 heavy (non-hydrogen) atoms. The number of benzene rings is 1. The summed E-state index contributed by atoms with van der Waals surface area (Å²) >= 11 is 0. The zero-order chi connectivity index (χ0) is 20.7. The van der Waals surface area contributed by atoms with Crippen LogP contribution in [-0.2, 0) is 11.2 Å². The number of unbranched alkanes of at least 4 members (excludes halogenated alkanes) is 11. The number of hydrogen-bond acceptors (Lipinski definition) is 3. The van der Waals surface area contributed by atoms with Crippen molar-refractivity contribution in [3.8, 4) is 5.69 Å². The summed E-state index contributed by atoms with van der Waals surface area (Å²) in [5.74, 6) is -0.668. The Morgan fingerprint density at radius 2 is 1.41 bits per heavy atom. The molecule has 1 N–H and O–H groups in total. The third kappa shape index (κ3) is 9.73. The van der Waals surface area contributed by atoms with Gasteiger partial charge in [-0.1, -0.05) is 87.6 Å². The van der Waals surface area contributed by atoms with Crippen LogP contribution in [0.25, 0.3) is 5.69 Å². The maximum atomic E-state index is 10.4. The second kappa shape index (κ2) is 13.9. The predicted octanol–water partition coefficient (Wildman–Crippen LogP) is 6.27. The Labute approximate surface area is 175 Å². The van der Waals surface area contributed by atoms with Gasteiger partial charge < -0.3 is 5.11 Å². The first kappa shape index (κ1) is 23.1. The maximum Gasteiger partial charge on any atom is 0.303 e. The van der Waals surface area contributed by atoms with E-state index in [9.17, 15) is 4.79 Å². The van der Waals surface area contributed by atoms with E-state index in [0.29, 0.717) is 6.42 Å². The van der Waals surface area contributed by atoms with Crippen molar-refractivity contribution in [3.63, 3.8) is 0 Å². The molecule has 2 rings (SSSR count). The molecule has 5 nitrogen and oxygen atoms in total. The van der Waals surface area contributed by atoms with Crippen molar-refractivity contribution in [2.75, 3.05) is 0 Å². The second-order valence-electron chi connectivity index (χ2n) is 8.08. The van der Waals surface area contributed by atoms with Crippen LogP contribution in [0, 0.1) is 6.92 Å². The fourth-order valence-corrected chi connectivity index (χ4v) is 3.70. The lowest BCUT2D eigenvalue weighted by Gasteiger charge is -2.03. The van der Waals surface area contributed by atoms with Crippen LogP contribution in [0.3, 0.4) is 0 Å². The van der Waals surface area contributed by atoms with Gasteiger partial charge in [-0.05, 0) is 37.8 Å². The third-order valence-corrected chi connectivity index (χ3v) is 5.48. The van der Waals surface area contributed by atoms with Gasteiger partial charge >= 0.3 is 5.97 Å². The summed E-state index contributed by atoms with van der Waals surface area (Å²) in [6.45, 7) is 2.10. The summed E-state index contributed by atoms with van der Waals surface area (Å²) < 4.78 is 1.89. The Kier molecular flexibility index (Phi) is 11.1. The molecule has 1 aromatic heterocycles. The third-order valence-electron chi connectivity index (χ3n) is 5.48. The molecule has 1 aromatic carbocycles. The minimum atomic E-state index is -0.668. The molecule has 2 aromatic rings. The van der Waals surface area contributed by atoms with Crippen LogP contribution in [0.15, 0.2) is 30.5 Å². The smallest absolute Gasteiger partial charge is 0.303 e. The highest BCUT2D eigenvalue weighted by molar-refractivity contribution is 5.66. The van der Waals surface area contributed by atoms with Crippen molar-refractivity contribution >= 4 is 5.97 Å². The number of carbonyl (C=O) groups is 1. The number of carboxylic acids is 1. The fraction of sp³-hybridized carbons (Fsp3) is 0.625. The maximum absolute atomic E-state index is 10.4. The van der Waals surface area contributed by atoms with Crippen LogP contribution in [0.5, 0.6) is 0 Å². The summed E-state index contributed by atoms with van der Waals surface area (Å²) in [7, 11) is 0. The van der Waals surface area contributed by atoms with Crippen LogP contribution in [0.2, 0.25) is 0 Å². The number of rotatable bonds is 16. The summed E-state index contributed by atoms with van der Waals surface area (Å²) in [5, 5.41) is 17.2. The first-order valence-corrected chi connectivity index (χ1v) is 11.4. The Morgan fingerprint density at radius 1 is 0.862 bits per heavy atom. The van der Waals surface area contributed by atoms with Gasteiger partial charge in [0.1, 0.15) is 0 Å². The van der Waals surface area contributed by atoms with Crippen LogP contribution >= 0.6 is 0 Å². The van der Waals surface area contributed by atoms with E-state index in [1.54, 1.807) is 0 Å².